The van der Waals surface area contributed by atoms with Crippen LogP contribution in [0.4, 0.5) is 0 Å². The molecule has 1 unspecified atom stereocenters. The molecule has 1 atom stereocenters. The van der Waals surface area contributed by atoms with E-state index in [1.807, 2.05) is 38.1 Å². The third-order valence-corrected chi connectivity index (χ3v) is 2.88. The monoisotopic (exact) mass is 296 g/mol. The van der Waals surface area contributed by atoms with Crippen LogP contribution in [0, 0.1) is 0 Å². The molecule has 1 aliphatic rings. The number of hydrogen-bond acceptors (Lipinski definition) is 5. The smallest absolute Gasteiger partial charge is 0.147 e. The Labute approximate surface area is 126 Å². The normalized spacial score (nSPS) is 17.2. The fraction of sp³-hybridized carbons (Fsp3) is 0.625. The third-order valence-electron chi connectivity index (χ3n) is 2.88. The van der Waals surface area contributed by atoms with Gasteiger partial charge < -0.3 is 23.7 Å². The molecule has 1 aromatic carbocycles. The first-order valence-corrected chi connectivity index (χ1v) is 7.34. The summed E-state index contributed by atoms with van der Waals surface area (Å²) >= 11 is 0. The zero-order valence-electron chi connectivity index (χ0n) is 12.7. The summed E-state index contributed by atoms with van der Waals surface area (Å²) in [6.45, 7) is 7.39. The van der Waals surface area contributed by atoms with Crippen LogP contribution >= 0.6 is 0 Å². The molecule has 0 aromatic heterocycles. The van der Waals surface area contributed by atoms with Crippen LogP contribution in [0.15, 0.2) is 24.3 Å². The molecule has 5 nitrogen and oxygen atoms in total. The molecule has 1 heterocycles. The van der Waals surface area contributed by atoms with E-state index in [9.17, 15) is 0 Å². The molecule has 0 N–H and O–H groups in total. The number of hydrogen-bond donors (Lipinski definition) is 0. The number of ether oxygens (including phenoxy) is 5. The quantitative estimate of drug-likeness (QED) is 0.356. The number of benzene rings is 1. The van der Waals surface area contributed by atoms with Crippen molar-refractivity contribution >= 4 is 0 Å². The molecule has 0 saturated carbocycles. The van der Waals surface area contributed by atoms with Gasteiger partial charge in [0.05, 0.1) is 32.5 Å². The van der Waals surface area contributed by atoms with Gasteiger partial charge in [0, 0.05) is 0 Å². The zero-order chi connectivity index (χ0) is 14.9. The van der Waals surface area contributed by atoms with E-state index in [0.29, 0.717) is 26.4 Å². The summed E-state index contributed by atoms with van der Waals surface area (Å²) in [7, 11) is 0. The summed E-state index contributed by atoms with van der Waals surface area (Å²) in [5.74, 6) is 0.858. The van der Waals surface area contributed by atoms with Crippen molar-refractivity contribution in [3.8, 4) is 5.75 Å². The molecule has 0 spiro atoms. The molecule has 1 aliphatic heterocycles. The van der Waals surface area contributed by atoms with Gasteiger partial charge in [0.15, 0.2) is 0 Å². The Morgan fingerprint density at radius 2 is 1.90 bits per heavy atom. The maximum atomic E-state index is 5.57. The molecule has 0 radical (unpaired) electrons. The van der Waals surface area contributed by atoms with Crippen molar-refractivity contribution in [3.05, 3.63) is 29.8 Å². The first-order chi connectivity index (χ1) is 10.2. The van der Waals surface area contributed by atoms with E-state index in [0.717, 1.165) is 17.9 Å². The van der Waals surface area contributed by atoms with E-state index < -0.39 is 0 Å². The maximum Gasteiger partial charge on any atom is 0.147 e. The van der Waals surface area contributed by atoms with E-state index in [4.69, 9.17) is 23.7 Å². The minimum absolute atomic E-state index is 0.238. The van der Waals surface area contributed by atoms with Crippen molar-refractivity contribution in [2.24, 2.45) is 0 Å². The molecule has 1 saturated heterocycles. The van der Waals surface area contributed by atoms with E-state index >= 15 is 0 Å². The number of epoxide rings is 1. The first-order valence-electron chi connectivity index (χ1n) is 7.34. The average molecular weight is 296 g/mol. The second-order valence-electron chi connectivity index (χ2n) is 5.20. The van der Waals surface area contributed by atoms with Gasteiger partial charge in [-0.2, -0.15) is 0 Å². The molecular weight excluding hydrogens is 272 g/mol. The van der Waals surface area contributed by atoms with Crippen molar-refractivity contribution < 1.29 is 23.7 Å². The van der Waals surface area contributed by atoms with Gasteiger partial charge in [-0.15, -0.1) is 0 Å². The fourth-order valence-corrected chi connectivity index (χ4v) is 1.66. The van der Waals surface area contributed by atoms with E-state index in [-0.39, 0.29) is 19.0 Å². The third kappa shape index (κ3) is 7.43. The second-order valence-corrected chi connectivity index (χ2v) is 5.20. The molecule has 1 fully saturated rings. The van der Waals surface area contributed by atoms with Crippen molar-refractivity contribution in [1.82, 2.24) is 0 Å². The molecule has 5 heteroatoms. The summed E-state index contributed by atoms with van der Waals surface area (Å²) in [4.78, 5) is 0. The Hall–Kier alpha value is -1.14. The predicted molar refractivity (Wildman–Crippen MR) is 78.4 cm³/mol. The molecule has 21 heavy (non-hydrogen) atoms. The highest BCUT2D eigenvalue weighted by Gasteiger charge is 2.22. The molecule has 118 valence electrons. The number of rotatable bonds is 11. The Balaban J connectivity index is 1.51. The topological polar surface area (TPSA) is 49.5 Å². The van der Waals surface area contributed by atoms with Crippen molar-refractivity contribution in [1.29, 1.82) is 0 Å². The van der Waals surface area contributed by atoms with Gasteiger partial charge in [-0.3, -0.25) is 0 Å². The molecule has 1 aromatic rings. The lowest BCUT2D eigenvalue weighted by Crippen LogP contribution is -2.11. The Morgan fingerprint density at radius 3 is 2.57 bits per heavy atom. The van der Waals surface area contributed by atoms with Gasteiger partial charge >= 0.3 is 0 Å². The minimum atomic E-state index is 0.238. The molecular formula is C16H24O5. The summed E-state index contributed by atoms with van der Waals surface area (Å²) in [6, 6.07) is 7.87. The lowest BCUT2D eigenvalue weighted by molar-refractivity contribution is -0.0806. The first kappa shape index (κ1) is 16.2. The van der Waals surface area contributed by atoms with Crippen LogP contribution in [-0.4, -0.2) is 45.4 Å². The summed E-state index contributed by atoms with van der Waals surface area (Å²) in [6.07, 6.45) is 0.520. The highest BCUT2D eigenvalue weighted by Crippen LogP contribution is 2.16. The lowest BCUT2D eigenvalue weighted by Gasteiger charge is -2.09. The van der Waals surface area contributed by atoms with E-state index in [1.54, 1.807) is 0 Å². The van der Waals surface area contributed by atoms with Crippen LogP contribution in [0.5, 0.6) is 5.75 Å². The predicted octanol–water partition coefficient (Wildman–Crippen LogP) is 2.38. The summed E-state index contributed by atoms with van der Waals surface area (Å²) in [5.41, 5.74) is 1.09. The minimum Gasteiger partial charge on any atom is -0.491 e. The van der Waals surface area contributed by atoms with E-state index in [1.165, 1.54) is 0 Å². The summed E-state index contributed by atoms with van der Waals surface area (Å²) < 4.78 is 26.8. The Morgan fingerprint density at radius 1 is 1.14 bits per heavy atom. The van der Waals surface area contributed by atoms with Gasteiger partial charge in [0.2, 0.25) is 0 Å². The van der Waals surface area contributed by atoms with Crippen LogP contribution in [0.1, 0.15) is 19.4 Å². The highest BCUT2D eigenvalue weighted by molar-refractivity contribution is 5.26. The lowest BCUT2D eigenvalue weighted by atomic mass is 10.2. The van der Waals surface area contributed by atoms with Crippen LogP contribution in [0.2, 0.25) is 0 Å². The molecule has 0 bridgehead atoms. The largest absolute Gasteiger partial charge is 0.491 e. The SMILES string of the molecule is CC(C)OCCOCOCc1ccc(OCC2CO2)cc1. The molecule has 0 aliphatic carbocycles. The van der Waals surface area contributed by atoms with E-state index in [2.05, 4.69) is 0 Å². The van der Waals surface area contributed by atoms with Crippen LogP contribution in [0.3, 0.4) is 0 Å². The van der Waals surface area contributed by atoms with Gasteiger partial charge in [-0.1, -0.05) is 12.1 Å². The van der Waals surface area contributed by atoms with Gasteiger partial charge in [-0.05, 0) is 31.5 Å². The average Bonchev–Trinajstić information content (AvgIpc) is 3.29. The van der Waals surface area contributed by atoms with Crippen LogP contribution in [0.25, 0.3) is 0 Å². The molecule has 2 rings (SSSR count). The van der Waals surface area contributed by atoms with Gasteiger partial charge in [0.25, 0.3) is 0 Å². The van der Waals surface area contributed by atoms with Crippen LogP contribution < -0.4 is 4.74 Å². The molecule has 0 amide bonds. The Bertz CT molecular complexity index is 386. The van der Waals surface area contributed by atoms with Gasteiger partial charge in [0.1, 0.15) is 25.3 Å². The zero-order valence-corrected chi connectivity index (χ0v) is 12.7. The van der Waals surface area contributed by atoms with Crippen molar-refractivity contribution in [2.45, 2.75) is 32.7 Å². The second kappa shape index (κ2) is 9.00. The highest BCUT2D eigenvalue weighted by atomic mass is 16.7. The summed E-state index contributed by atoms with van der Waals surface area (Å²) in [5, 5.41) is 0. The standard InChI is InChI=1S/C16H24O5/c1-13(2)19-8-7-17-12-18-9-14-3-5-15(6-4-14)20-10-16-11-21-16/h3-6,13,16H,7-12H2,1-2H3. The van der Waals surface area contributed by atoms with Crippen LogP contribution in [-0.2, 0) is 25.6 Å². The fourth-order valence-electron chi connectivity index (χ4n) is 1.66. The van der Waals surface area contributed by atoms with Gasteiger partial charge in [-0.25, -0.2) is 0 Å². The van der Waals surface area contributed by atoms with Crippen molar-refractivity contribution in [2.75, 3.05) is 33.2 Å². The van der Waals surface area contributed by atoms with Crippen molar-refractivity contribution in [3.63, 3.8) is 0 Å². The Kier molecular flexibility index (Phi) is 6.95. The maximum absolute atomic E-state index is 5.57.